The highest BCUT2D eigenvalue weighted by Gasteiger charge is 2.26. The van der Waals surface area contributed by atoms with Crippen LogP contribution < -0.4 is 10.5 Å². The van der Waals surface area contributed by atoms with Gasteiger partial charge in [-0.3, -0.25) is 9.36 Å². The quantitative estimate of drug-likeness (QED) is 0.822. The molecule has 1 saturated heterocycles. The fraction of sp³-hybridized carbons (Fsp3) is 0.600. The maximum atomic E-state index is 12.4. The van der Waals surface area contributed by atoms with Crippen molar-refractivity contribution in [3.8, 4) is 0 Å². The van der Waals surface area contributed by atoms with Gasteiger partial charge in [-0.25, -0.2) is 4.98 Å². The van der Waals surface area contributed by atoms with Crippen LogP contribution in [0.3, 0.4) is 0 Å². The molecule has 0 atom stereocenters. The predicted octanol–water partition coefficient (Wildman–Crippen LogP) is 1.90. The third-order valence-electron chi connectivity index (χ3n) is 5.98. The molecular formula is C20H25N5O2. The monoisotopic (exact) mass is 367 g/mol. The van der Waals surface area contributed by atoms with Gasteiger partial charge in [-0.15, -0.1) is 5.10 Å². The maximum absolute atomic E-state index is 12.4. The van der Waals surface area contributed by atoms with Crippen LogP contribution in [0, 0.1) is 5.92 Å². The Kier molecular flexibility index (Phi) is 4.39. The summed E-state index contributed by atoms with van der Waals surface area (Å²) in [5.74, 6) is 1.98. The van der Waals surface area contributed by atoms with E-state index in [2.05, 4.69) is 26.1 Å². The maximum Gasteiger partial charge on any atom is 0.253 e. The topological polar surface area (TPSA) is 73.1 Å². The minimum atomic E-state index is 0.0925. The van der Waals surface area contributed by atoms with E-state index in [1.165, 1.54) is 18.4 Å². The first kappa shape index (κ1) is 16.9. The van der Waals surface area contributed by atoms with E-state index in [1.807, 2.05) is 0 Å². The predicted molar refractivity (Wildman–Crippen MR) is 101 cm³/mol. The average molecular weight is 367 g/mol. The van der Waals surface area contributed by atoms with Crippen molar-refractivity contribution in [2.45, 2.75) is 51.2 Å². The zero-order chi connectivity index (χ0) is 18.2. The summed E-state index contributed by atoms with van der Waals surface area (Å²) >= 11 is 0. The number of aromatic nitrogens is 4. The molecule has 7 heteroatoms. The summed E-state index contributed by atoms with van der Waals surface area (Å²) in [6, 6.07) is 3.87. The molecule has 27 heavy (non-hydrogen) atoms. The lowest BCUT2D eigenvalue weighted by Gasteiger charge is -2.33. The Hall–Kier alpha value is -2.28. The van der Waals surface area contributed by atoms with Crippen molar-refractivity contribution in [1.29, 1.82) is 0 Å². The number of nitrogens with zero attached hydrogens (tertiary/aromatic N) is 5. The Morgan fingerprint density at radius 2 is 1.96 bits per heavy atom. The largest absolute Gasteiger partial charge is 0.376 e. The van der Waals surface area contributed by atoms with Crippen molar-refractivity contribution in [3.05, 3.63) is 45.8 Å². The van der Waals surface area contributed by atoms with Gasteiger partial charge in [0.1, 0.15) is 0 Å². The first-order valence-corrected chi connectivity index (χ1v) is 10.0. The van der Waals surface area contributed by atoms with Gasteiger partial charge in [-0.1, -0.05) is 0 Å². The number of anilines is 1. The molecule has 5 rings (SSSR count). The van der Waals surface area contributed by atoms with Crippen molar-refractivity contribution in [2.75, 3.05) is 24.6 Å². The summed E-state index contributed by atoms with van der Waals surface area (Å²) in [7, 11) is 0. The fourth-order valence-electron chi connectivity index (χ4n) is 4.09. The highest BCUT2D eigenvalue weighted by molar-refractivity contribution is 5.42. The van der Waals surface area contributed by atoms with E-state index >= 15 is 0 Å². The lowest BCUT2D eigenvalue weighted by atomic mass is 9.96. The molecule has 0 bridgehead atoms. The second-order valence-electron chi connectivity index (χ2n) is 7.99. The molecule has 3 aliphatic rings. The lowest BCUT2D eigenvalue weighted by Crippen LogP contribution is -2.37. The SMILES string of the molecule is O=c1cc(C2CC2)ncn1CC1CCN(c2cc3c(nn2)CCOC3)CC1. The van der Waals surface area contributed by atoms with Crippen LogP contribution in [-0.4, -0.2) is 39.4 Å². The molecule has 2 fully saturated rings. The summed E-state index contributed by atoms with van der Waals surface area (Å²) in [6.07, 6.45) is 7.04. The molecule has 2 aromatic heterocycles. The molecule has 2 aromatic rings. The summed E-state index contributed by atoms with van der Waals surface area (Å²) in [4.78, 5) is 19.1. The number of hydrogen-bond acceptors (Lipinski definition) is 6. The zero-order valence-electron chi connectivity index (χ0n) is 15.5. The van der Waals surface area contributed by atoms with Crippen LogP contribution in [0.5, 0.6) is 0 Å². The summed E-state index contributed by atoms with van der Waals surface area (Å²) in [5.41, 5.74) is 3.30. The minimum Gasteiger partial charge on any atom is -0.376 e. The zero-order valence-corrected chi connectivity index (χ0v) is 15.5. The van der Waals surface area contributed by atoms with Gasteiger partial charge < -0.3 is 9.64 Å². The van der Waals surface area contributed by atoms with E-state index in [1.54, 1.807) is 17.0 Å². The molecule has 0 unspecified atom stereocenters. The van der Waals surface area contributed by atoms with Gasteiger partial charge in [-0.2, -0.15) is 5.10 Å². The molecule has 0 spiro atoms. The molecule has 0 N–H and O–H groups in total. The number of rotatable bonds is 4. The minimum absolute atomic E-state index is 0.0925. The molecular weight excluding hydrogens is 342 g/mol. The third kappa shape index (κ3) is 3.60. The highest BCUT2D eigenvalue weighted by atomic mass is 16.5. The molecule has 4 heterocycles. The van der Waals surface area contributed by atoms with Crippen molar-refractivity contribution < 1.29 is 4.74 Å². The lowest BCUT2D eigenvalue weighted by molar-refractivity contribution is 0.108. The van der Waals surface area contributed by atoms with Gasteiger partial charge in [0.15, 0.2) is 5.82 Å². The van der Waals surface area contributed by atoms with Crippen molar-refractivity contribution >= 4 is 5.82 Å². The highest BCUT2D eigenvalue weighted by Crippen LogP contribution is 2.38. The van der Waals surface area contributed by atoms with E-state index in [0.717, 1.165) is 62.7 Å². The Labute approximate surface area is 158 Å². The van der Waals surface area contributed by atoms with Crippen LogP contribution in [0.2, 0.25) is 0 Å². The second-order valence-corrected chi connectivity index (χ2v) is 7.99. The van der Waals surface area contributed by atoms with Crippen LogP contribution in [0.25, 0.3) is 0 Å². The first-order chi connectivity index (χ1) is 13.3. The summed E-state index contributed by atoms with van der Waals surface area (Å²) in [6.45, 7) is 4.03. The van der Waals surface area contributed by atoms with E-state index in [4.69, 9.17) is 4.74 Å². The van der Waals surface area contributed by atoms with Gasteiger partial charge in [0.2, 0.25) is 0 Å². The van der Waals surface area contributed by atoms with Gasteiger partial charge in [0.05, 0.1) is 30.9 Å². The first-order valence-electron chi connectivity index (χ1n) is 10.0. The second kappa shape index (κ2) is 7.03. The smallest absolute Gasteiger partial charge is 0.253 e. The number of ether oxygens (including phenoxy) is 1. The molecule has 7 nitrogen and oxygen atoms in total. The van der Waals surface area contributed by atoms with Crippen molar-refractivity contribution in [1.82, 2.24) is 19.7 Å². The third-order valence-corrected chi connectivity index (χ3v) is 5.98. The van der Waals surface area contributed by atoms with Crippen LogP contribution in [0.4, 0.5) is 5.82 Å². The fourth-order valence-corrected chi connectivity index (χ4v) is 4.09. The Balaban J connectivity index is 1.21. The molecule has 1 saturated carbocycles. The van der Waals surface area contributed by atoms with Gasteiger partial charge in [0, 0.05) is 43.6 Å². The van der Waals surface area contributed by atoms with Crippen molar-refractivity contribution in [2.24, 2.45) is 5.92 Å². The molecule has 0 radical (unpaired) electrons. The normalized spacial score (nSPS) is 20.5. The molecule has 0 amide bonds. The van der Waals surface area contributed by atoms with Gasteiger partial charge in [0.25, 0.3) is 5.56 Å². The number of fused-ring (bicyclic) bond motifs is 1. The Morgan fingerprint density at radius 1 is 1.11 bits per heavy atom. The van der Waals surface area contributed by atoms with E-state index in [9.17, 15) is 4.79 Å². The van der Waals surface area contributed by atoms with Crippen LogP contribution >= 0.6 is 0 Å². The van der Waals surface area contributed by atoms with Gasteiger partial charge in [-0.05, 0) is 37.7 Å². The van der Waals surface area contributed by atoms with Crippen LogP contribution in [0.15, 0.2) is 23.3 Å². The summed E-state index contributed by atoms with van der Waals surface area (Å²) < 4.78 is 7.32. The molecule has 2 aliphatic heterocycles. The average Bonchev–Trinajstić information content (AvgIpc) is 3.55. The molecule has 1 aliphatic carbocycles. The van der Waals surface area contributed by atoms with E-state index in [-0.39, 0.29) is 5.56 Å². The van der Waals surface area contributed by atoms with Gasteiger partial charge >= 0.3 is 0 Å². The number of piperidine rings is 1. The molecule has 142 valence electrons. The Bertz CT molecular complexity index is 884. The van der Waals surface area contributed by atoms with Crippen LogP contribution in [0.1, 0.15) is 48.6 Å². The Morgan fingerprint density at radius 3 is 2.74 bits per heavy atom. The standard InChI is InChI=1S/C20H25N5O2/c26-20-10-18(15-1-2-15)21-13-25(20)11-14-3-6-24(7-4-14)19-9-16-12-27-8-5-17(16)22-23-19/h9-10,13-15H,1-8,11-12H2. The van der Waals surface area contributed by atoms with E-state index in [0.29, 0.717) is 18.4 Å². The number of hydrogen-bond donors (Lipinski definition) is 0. The van der Waals surface area contributed by atoms with E-state index < -0.39 is 0 Å². The van der Waals surface area contributed by atoms with Crippen molar-refractivity contribution in [3.63, 3.8) is 0 Å². The summed E-state index contributed by atoms with van der Waals surface area (Å²) in [5, 5.41) is 8.82. The molecule has 0 aromatic carbocycles. The van der Waals surface area contributed by atoms with Crippen LogP contribution in [-0.2, 0) is 24.3 Å².